The number of thiophene rings is 1. The quantitative estimate of drug-likeness (QED) is 0.148. The van der Waals surface area contributed by atoms with E-state index in [0.717, 1.165) is 0 Å². The zero-order valence-electron chi connectivity index (χ0n) is 12.3. The summed E-state index contributed by atoms with van der Waals surface area (Å²) in [7, 11) is 25.3. The standard InChI is InChI=1S/C16H11S2.5ClH.Sn/c1-10-6-7-14-11(8-10)9-13-12-4-2-3-5-15(12)18-16(13)17-14;;;;;;/h2-9H,1H3;5*1H;/q+1;;;;;;+4/p-5. The van der Waals surface area contributed by atoms with E-state index in [4.69, 9.17) is 44.6 Å². The van der Waals surface area contributed by atoms with Gasteiger partial charge in [-0.1, -0.05) is 29.8 Å². The third-order valence-electron chi connectivity index (χ3n) is 3.27. The van der Waals surface area contributed by atoms with Crippen LogP contribution in [0.4, 0.5) is 0 Å². The van der Waals surface area contributed by atoms with Crippen LogP contribution in [-0.2, 0) is 0 Å². The first-order valence-corrected chi connectivity index (χ1v) is 26.6. The molecule has 0 bridgehead atoms. The fraction of sp³-hybridized carbons (Fsp3) is 0.0625. The molecular formula is C16H11Cl5S2Sn. The van der Waals surface area contributed by atoms with Crippen molar-refractivity contribution in [3.05, 3.63) is 54.1 Å². The van der Waals surface area contributed by atoms with E-state index in [-0.39, 0.29) is 0 Å². The summed E-state index contributed by atoms with van der Waals surface area (Å²) in [6.07, 6.45) is 0. The fourth-order valence-corrected chi connectivity index (χ4v) is 4.85. The molecular weight excluding hydrogens is 552 g/mol. The Morgan fingerprint density at radius 3 is 2.25 bits per heavy atom. The number of benzene rings is 2. The minimum atomic E-state index is -4.40. The first-order valence-electron chi connectivity index (χ1n) is 6.90. The van der Waals surface area contributed by atoms with Crippen molar-refractivity contribution in [3.8, 4) is 0 Å². The average Bonchev–Trinajstić information content (AvgIpc) is 2.80. The van der Waals surface area contributed by atoms with Crippen LogP contribution in [0.1, 0.15) is 5.56 Å². The van der Waals surface area contributed by atoms with Gasteiger partial charge < -0.3 is 0 Å². The molecule has 0 saturated carbocycles. The molecule has 0 N–H and O–H groups in total. The van der Waals surface area contributed by atoms with Gasteiger partial charge >= 0.3 is 56.0 Å². The monoisotopic (exact) mass is 562 g/mol. The van der Waals surface area contributed by atoms with Gasteiger partial charge in [0, 0.05) is 10.8 Å². The van der Waals surface area contributed by atoms with Gasteiger partial charge in [-0.3, -0.25) is 0 Å². The summed E-state index contributed by atoms with van der Waals surface area (Å²) in [6, 6.07) is 17.7. The summed E-state index contributed by atoms with van der Waals surface area (Å²) in [4.78, 5) is 0. The molecule has 0 aliphatic carbocycles. The molecule has 4 rings (SSSR count). The number of aryl methyl sites for hydroxylation is 1. The second-order valence-corrected chi connectivity index (χ2v) is 50.1. The van der Waals surface area contributed by atoms with Gasteiger partial charge in [0.05, 0.1) is 28.1 Å². The van der Waals surface area contributed by atoms with E-state index in [1.165, 1.54) is 35.1 Å². The molecule has 24 heavy (non-hydrogen) atoms. The molecule has 2 aromatic carbocycles. The molecule has 0 radical (unpaired) electrons. The third-order valence-corrected chi connectivity index (χ3v) is 5.75. The molecule has 0 aliphatic heterocycles. The van der Waals surface area contributed by atoms with Crippen LogP contribution in [0, 0.1) is 6.92 Å². The zero-order chi connectivity index (χ0) is 17.6. The van der Waals surface area contributed by atoms with Gasteiger partial charge in [0.25, 0.3) is 4.01 Å². The Hall–Kier alpha value is 0.739. The van der Waals surface area contributed by atoms with Crippen molar-refractivity contribution in [1.82, 2.24) is 0 Å². The van der Waals surface area contributed by atoms with Crippen LogP contribution in [0.2, 0.25) is 0 Å². The van der Waals surface area contributed by atoms with Gasteiger partial charge in [0.15, 0.2) is 0 Å². The first-order chi connectivity index (χ1) is 11.0. The molecule has 0 spiro atoms. The molecule has 2 heterocycles. The molecule has 0 saturated heterocycles. The van der Waals surface area contributed by atoms with Gasteiger partial charge in [0.2, 0.25) is 0 Å². The molecule has 0 nitrogen and oxygen atoms in total. The zero-order valence-corrected chi connectivity index (χ0v) is 20.6. The van der Waals surface area contributed by atoms with Gasteiger partial charge in [-0.05, 0) is 31.2 Å². The Morgan fingerprint density at radius 2 is 1.54 bits per heavy atom. The normalized spacial score (nSPS) is 13.5. The molecule has 0 fully saturated rings. The summed E-state index contributed by atoms with van der Waals surface area (Å²) in [5, 5.41) is 4.15. The third kappa shape index (κ3) is 5.37. The fourth-order valence-electron chi connectivity index (χ4n) is 2.38. The Kier molecular flexibility index (Phi) is 5.72. The van der Waals surface area contributed by atoms with E-state index in [0.29, 0.717) is 0 Å². The number of halogens is 5. The Bertz CT molecular complexity index is 1030. The van der Waals surface area contributed by atoms with Gasteiger partial charge in [-0.2, -0.15) is 0 Å². The number of fused-ring (bicyclic) bond motifs is 4. The summed E-state index contributed by atoms with van der Waals surface area (Å²) in [5.41, 5.74) is 1.33. The molecule has 0 atom stereocenters. The molecule has 0 amide bonds. The topological polar surface area (TPSA) is 0 Å². The van der Waals surface area contributed by atoms with Crippen LogP contribution >= 0.6 is 67.3 Å². The maximum absolute atomic E-state index is 5.06. The molecule has 4 aromatic rings. The molecule has 2 aromatic heterocycles. The Morgan fingerprint density at radius 1 is 0.875 bits per heavy atom. The predicted molar refractivity (Wildman–Crippen MR) is 119 cm³/mol. The maximum atomic E-state index is 5.06. The van der Waals surface area contributed by atoms with Crippen molar-refractivity contribution in [2.75, 3.05) is 0 Å². The molecule has 0 unspecified atom stereocenters. The van der Waals surface area contributed by atoms with E-state index < -0.39 is 11.4 Å². The van der Waals surface area contributed by atoms with Crippen molar-refractivity contribution in [2.24, 2.45) is 0 Å². The van der Waals surface area contributed by atoms with Crippen LogP contribution in [0.5, 0.6) is 0 Å². The SMILES string of the molecule is Cc1ccc2[s+]c3sc4ccccc4c3cc2c1.[Cl][Sn-]([Cl])([Cl])([Cl])[Cl]. The van der Waals surface area contributed by atoms with Crippen molar-refractivity contribution in [3.63, 3.8) is 0 Å². The summed E-state index contributed by atoms with van der Waals surface area (Å²) in [5.74, 6) is 0. The minimum absolute atomic E-state index is 1.33. The van der Waals surface area contributed by atoms with Gasteiger partial charge in [0.1, 0.15) is 9.40 Å². The van der Waals surface area contributed by atoms with Gasteiger partial charge in [-0.15, -0.1) is 0 Å². The molecule has 0 aliphatic rings. The van der Waals surface area contributed by atoms with E-state index >= 15 is 0 Å². The summed E-state index contributed by atoms with van der Waals surface area (Å²) < 4.78 is 4.18. The summed E-state index contributed by atoms with van der Waals surface area (Å²) in [6.45, 7) is 2.15. The predicted octanol–water partition coefficient (Wildman–Crippen LogP) is 8.93. The van der Waals surface area contributed by atoms with Crippen LogP contribution in [0.3, 0.4) is 0 Å². The number of hydrogen-bond acceptors (Lipinski definition) is 1. The number of rotatable bonds is 0. The van der Waals surface area contributed by atoms with Crippen molar-refractivity contribution >= 4 is 108 Å². The van der Waals surface area contributed by atoms with Gasteiger partial charge in [-0.25, -0.2) is 0 Å². The van der Waals surface area contributed by atoms with Crippen molar-refractivity contribution < 1.29 is 0 Å². The van der Waals surface area contributed by atoms with Crippen molar-refractivity contribution in [2.45, 2.75) is 6.92 Å². The summed E-state index contributed by atoms with van der Waals surface area (Å²) >= 11 is -0.597. The average molecular weight is 563 g/mol. The van der Waals surface area contributed by atoms with Crippen LogP contribution in [0.15, 0.2) is 48.5 Å². The van der Waals surface area contributed by atoms with E-state index in [2.05, 4.69) is 55.5 Å². The van der Waals surface area contributed by atoms with Crippen LogP contribution < -0.4 is 0 Å². The Labute approximate surface area is 167 Å². The molecule has 126 valence electrons. The van der Waals surface area contributed by atoms with Crippen LogP contribution in [-0.4, -0.2) is 11.4 Å². The Balaban J connectivity index is 0.000000246. The number of hydrogen-bond donors (Lipinski definition) is 0. The second kappa shape index (κ2) is 7.05. The second-order valence-electron chi connectivity index (χ2n) is 5.30. The van der Waals surface area contributed by atoms with E-state index in [9.17, 15) is 0 Å². The molecule has 8 heteroatoms. The van der Waals surface area contributed by atoms with E-state index in [1.54, 1.807) is 0 Å². The first kappa shape index (κ1) is 19.5. The van der Waals surface area contributed by atoms with Crippen LogP contribution in [0.25, 0.3) is 29.6 Å². The van der Waals surface area contributed by atoms with E-state index in [1.807, 2.05) is 22.7 Å². The van der Waals surface area contributed by atoms with Crippen molar-refractivity contribution in [1.29, 1.82) is 0 Å².